The summed E-state index contributed by atoms with van der Waals surface area (Å²) in [5, 5.41) is 2.66. The van der Waals surface area contributed by atoms with Gasteiger partial charge in [0.05, 0.1) is 11.1 Å². The summed E-state index contributed by atoms with van der Waals surface area (Å²) in [6.45, 7) is 4.83. The molecule has 7 aromatic carbocycles. The fraction of sp³-hybridized carbons (Fsp3) is 0.138. The molecule has 0 fully saturated rings. The lowest BCUT2D eigenvalue weighted by Gasteiger charge is -2.37. The monoisotopic (exact) mass is 787 g/mol. The predicted molar refractivity (Wildman–Crippen MR) is 256 cm³/mol. The van der Waals surface area contributed by atoms with Crippen LogP contribution >= 0.6 is 11.3 Å². The zero-order chi connectivity index (χ0) is 40.0. The summed E-state index contributed by atoms with van der Waals surface area (Å²) in [6.07, 6.45) is 16.0. The molecule has 2 heteroatoms. The molecule has 1 heterocycles. The van der Waals surface area contributed by atoms with Crippen LogP contribution in [0.1, 0.15) is 67.3 Å². The van der Waals surface area contributed by atoms with Crippen molar-refractivity contribution in [2.24, 2.45) is 0 Å². The number of benzene rings is 7. The zero-order valence-corrected chi connectivity index (χ0v) is 34.9. The predicted octanol–water partition coefficient (Wildman–Crippen LogP) is 16.2. The van der Waals surface area contributed by atoms with E-state index >= 15 is 0 Å². The lowest BCUT2D eigenvalue weighted by molar-refractivity contribution is 0.651. The largest absolute Gasteiger partial charge is 0.310 e. The highest BCUT2D eigenvalue weighted by Crippen LogP contribution is 2.61. The summed E-state index contributed by atoms with van der Waals surface area (Å²) in [5.41, 5.74) is 19.5. The van der Waals surface area contributed by atoms with Crippen molar-refractivity contribution in [2.75, 3.05) is 4.90 Å². The molecule has 0 N–H and O–H groups in total. The highest BCUT2D eigenvalue weighted by atomic mass is 32.1. The first-order valence-electron chi connectivity index (χ1n) is 21.5. The van der Waals surface area contributed by atoms with Gasteiger partial charge >= 0.3 is 0 Å². The van der Waals surface area contributed by atoms with Crippen LogP contribution in [0.15, 0.2) is 199 Å². The van der Waals surface area contributed by atoms with Crippen LogP contribution in [-0.2, 0) is 10.8 Å². The van der Waals surface area contributed by atoms with E-state index in [1.54, 1.807) is 0 Å². The van der Waals surface area contributed by atoms with Crippen molar-refractivity contribution >= 4 is 54.1 Å². The zero-order valence-electron chi connectivity index (χ0n) is 34.1. The topological polar surface area (TPSA) is 3.24 Å². The molecule has 288 valence electrons. The van der Waals surface area contributed by atoms with E-state index in [9.17, 15) is 0 Å². The molecule has 1 aromatic heterocycles. The molecule has 0 radical (unpaired) electrons. The van der Waals surface area contributed by atoms with Crippen LogP contribution in [0.25, 0.3) is 48.0 Å². The summed E-state index contributed by atoms with van der Waals surface area (Å²) in [5.74, 6) is 0. The van der Waals surface area contributed by atoms with Gasteiger partial charge in [0.15, 0.2) is 0 Å². The lowest BCUT2D eigenvalue weighted by Crippen LogP contribution is -2.30. The minimum absolute atomic E-state index is 0.0786. The number of thiophene rings is 1. The van der Waals surface area contributed by atoms with E-state index in [1.165, 1.54) is 98.3 Å². The van der Waals surface area contributed by atoms with E-state index in [0.717, 1.165) is 31.4 Å². The van der Waals surface area contributed by atoms with Crippen molar-refractivity contribution < 1.29 is 0 Å². The smallest absolute Gasteiger partial charge is 0.0677 e. The Hall–Kier alpha value is -6.48. The number of hydrogen-bond acceptors (Lipinski definition) is 2. The Morgan fingerprint density at radius 3 is 2.17 bits per heavy atom. The first-order valence-corrected chi connectivity index (χ1v) is 22.4. The lowest BCUT2D eigenvalue weighted by atomic mass is 9.65. The Morgan fingerprint density at radius 2 is 1.30 bits per heavy atom. The fourth-order valence-corrected chi connectivity index (χ4v) is 12.5. The molecule has 0 saturated heterocycles. The fourth-order valence-electron chi connectivity index (χ4n) is 11.3. The third-order valence-electron chi connectivity index (χ3n) is 13.9. The Labute approximate surface area is 357 Å². The first-order chi connectivity index (χ1) is 29.5. The molecule has 1 unspecified atom stereocenters. The third-order valence-corrected chi connectivity index (χ3v) is 15.2. The highest BCUT2D eigenvalue weighted by molar-refractivity contribution is 7.26. The van der Waals surface area contributed by atoms with Crippen LogP contribution in [0.3, 0.4) is 0 Å². The van der Waals surface area contributed by atoms with E-state index in [2.05, 4.69) is 207 Å². The van der Waals surface area contributed by atoms with Crippen LogP contribution in [0.2, 0.25) is 0 Å². The summed E-state index contributed by atoms with van der Waals surface area (Å²) >= 11 is 1.90. The molecule has 0 spiro atoms. The van der Waals surface area contributed by atoms with Gasteiger partial charge in [-0.1, -0.05) is 171 Å². The average Bonchev–Trinajstić information content (AvgIpc) is 3.92. The van der Waals surface area contributed by atoms with Gasteiger partial charge in [-0.2, -0.15) is 0 Å². The maximum absolute atomic E-state index is 2.55. The van der Waals surface area contributed by atoms with Gasteiger partial charge in [0.2, 0.25) is 0 Å². The Kier molecular flexibility index (Phi) is 7.99. The Morgan fingerprint density at radius 1 is 0.567 bits per heavy atom. The van der Waals surface area contributed by atoms with Gasteiger partial charge < -0.3 is 4.90 Å². The molecule has 4 aliphatic rings. The maximum Gasteiger partial charge on any atom is 0.0677 e. The number of allylic oxidation sites excluding steroid dienone is 8. The van der Waals surface area contributed by atoms with Crippen molar-refractivity contribution in [1.82, 2.24) is 0 Å². The van der Waals surface area contributed by atoms with Gasteiger partial charge in [-0.05, 0) is 118 Å². The van der Waals surface area contributed by atoms with Gasteiger partial charge in [-0.3, -0.25) is 0 Å². The number of hydrogen-bond donors (Lipinski definition) is 0. The standard InChI is InChI=1S/C58H45NS/c1-57(2)49-26-12-9-21-44(49)45-36-35-42(37-52(45)57)59(41-33-31-38(32-34-41)43-24-15-25-47-46-22-11-14-30-54(46)60-56(43)47)53-29-16-28-51-55(53)48-23-10-13-27-50(48)58(51,39-17-5-3-6-18-39)40-19-7-4-8-20-40/h3-7,10-19,22-37H,8-9,20-21H2,1-2H3. The minimum Gasteiger partial charge on any atom is -0.310 e. The minimum atomic E-state index is -0.401. The summed E-state index contributed by atoms with van der Waals surface area (Å²) in [7, 11) is 0. The molecule has 12 rings (SSSR count). The average molecular weight is 788 g/mol. The van der Waals surface area contributed by atoms with Crippen molar-refractivity contribution in [3.8, 4) is 22.3 Å². The van der Waals surface area contributed by atoms with Gasteiger partial charge in [0.1, 0.15) is 0 Å². The van der Waals surface area contributed by atoms with Crippen LogP contribution in [-0.4, -0.2) is 0 Å². The second-order valence-electron chi connectivity index (χ2n) is 17.4. The van der Waals surface area contributed by atoms with Crippen LogP contribution in [0.4, 0.5) is 17.1 Å². The molecule has 4 aliphatic carbocycles. The second kappa shape index (κ2) is 13.5. The SMILES string of the molecule is CC1(C)C2=C(CCC=C2)c2ccc(N(c3ccc(-c4cccc5c4sc4ccccc45)cc3)c3cccc4c3-c3ccccc3C4(C3=CC=CCC3)c3ccccc3)cc21. The van der Waals surface area contributed by atoms with Gasteiger partial charge in [-0.25, -0.2) is 0 Å². The van der Waals surface area contributed by atoms with E-state index in [0.29, 0.717) is 0 Å². The molecule has 1 nitrogen and oxygen atoms in total. The second-order valence-corrected chi connectivity index (χ2v) is 18.4. The molecular formula is C58H45NS. The van der Waals surface area contributed by atoms with Crippen molar-refractivity contribution in [3.05, 3.63) is 227 Å². The van der Waals surface area contributed by atoms with E-state index in [4.69, 9.17) is 0 Å². The number of fused-ring (bicyclic) bond motifs is 8. The van der Waals surface area contributed by atoms with Gasteiger partial charge in [0.25, 0.3) is 0 Å². The molecule has 0 saturated carbocycles. The van der Waals surface area contributed by atoms with E-state index in [1.807, 2.05) is 11.3 Å². The van der Waals surface area contributed by atoms with Gasteiger partial charge in [-0.15, -0.1) is 11.3 Å². The third kappa shape index (κ3) is 5.04. The molecule has 0 amide bonds. The maximum atomic E-state index is 2.55. The van der Waals surface area contributed by atoms with Gasteiger partial charge in [0, 0.05) is 42.5 Å². The highest BCUT2D eigenvalue weighted by Gasteiger charge is 2.48. The van der Waals surface area contributed by atoms with Crippen molar-refractivity contribution in [1.29, 1.82) is 0 Å². The van der Waals surface area contributed by atoms with Crippen molar-refractivity contribution in [3.63, 3.8) is 0 Å². The van der Waals surface area contributed by atoms with E-state index < -0.39 is 5.41 Å². The number of anilines is 3. The first kappa shape index (κ1) is 35.5. The summed E-state index contributed by atoms with van der Waals surface area (Å²) in [4.78, 5) is 2.55. The molecule has 1 atom stereocenters. The number of rotatable bonds is 6. The summed E-state index contributed by atoms with van der Waals surface area (Å²) in [6, 6.07) is 59.8. The van der Waals surface area contributed by atoms with Crippen molar-refractivity contribution in [2.45, 2.75) is 50.4 Å². The van der Waals surface area contributed by atoms with Crippen LogP contribution in [0.5, 0.6) is 0 Å². The molecule has 0 bridgehead atoms. The molecule has 60 heavy (non-hydrogen) atoms. The summed E-state index contributed by atoms with van der Waals surface area (Å²) < 4.78 is 2.68. The Balaban J connectivity index is 1.09. The molecule has 8 aromatic rings. The molecular weight excluding hydrogens is 743 g/mol. The molecule has 0 aliphatic heterocycles. The number of nitrogens with zero attached hydrogens (tertiary/aromatic N) is 1. The Bertz CT molecular complexity index is 3170. The van der Waals surface area contributed by atoms with Crippen LogP contribution in [0, 0.1) is 0 Å². The van der Waals surface area contributed by atoms with Crippen LogP contribution < -0.4 is 4.90 Å². The normalized spacial score (nSPS) is 18.3. The van der Waals surface area contributed by atoms with E-state index in [-0.39, 0.29) is 5.41 Å². The quantitative estimate of drug-likeness (QED) is 0.162.